The monoisotopic (exact) mass is 255 g/mol. The Morgan fingerprint density at radius 1 is 1.35 bits per heavy atom. The molecule has 0 aromatic heterocycles. The summed E-state index contributed by atoms with van der Waals surface area (Å²) in [5, 5.41) is 0.769. The summed E-state index contributed by atoms with van der Waals surface area (Å²) in [6, 6.07) is 8.00. The molecule has 1 unspecified atom stereocenters. The highest BCUT2D eigenvalue weighted by molar-refractivity contribution is 6.30. The van der Waals surface area contributed by atoms with Crippen LogP contribution in [0.25, 0.3) is 0 Å². The van der Waals surface area contributed by atoms with Crippen molar-refractivity contribution in [1.29, 1.82) is 0 Å². The molecule has 0 radical (unpaired) electrons. The van der Waals surface area contributed by atoms with E-state index in [2.05, 4.69) is 19.9 Å². The second-order valence-electron chi connectivity index (χ2n) is 4.85. The molecule has 0 heterocycles. The Balaban J connectivity index is 2.23. The number of nitrogens with two attached hydrogens (primary N) is 1. The maximum Gasteiger partial charge on any atom is 0.0489 e. The second-order valence-corrected chi connectivity index (χ2v) is 5.29. The van der Waals surface area contributed by atoms with Crippen molar-refractivity contribution in [2.75, 3.05) is 13.2 Å². The third kappa shape index (κ3) is 6.67. The summed E-state index contributed by atoms with van der Waals surface area (Å²) < 4.78 is 5.52. The molecule has 2 nitrogen and oxygen atoms in total. The first-order valence-corrected chi connectivity index (χ1v) is 6.53. The quantitative estimate of drug-likeness (QED) is 0.759. The van der Waals surface area contributed by atoms with Crippen molar-refractivity contribution in [3.05, 3.63) is 34.9 Å². The highest BCUT2D eigenvalue weighted by Crippen LogP contribution is 2.12. The lowest BCUT2D eigenvalue weighted by molar-refractivity contribution is 0.104. The van der Waals surface area contributed by atoms with Crippen LogP contribution in [-0.4, -0.2) is 19.3 Å². The molecular formula is C14H22ClNO. The van der Waals surface area contributed by atoms with Gasteiger partial charge in [-0.05, 0) is 36.5 Å². The van der Waals surface area contributed by atoms with Gasteiger partial charge in [-0.15, -0.1) is 0 Å². The Bertz CT molecular complexity index is 328. The number of benzene rings is 1. The van der Waals surface area contributed by atoms with E-state index in [0.29, 0.717) is 5.92 Å². The molecule has 0 bridgehead atoms. The fourth-order valence-corrected chi connectivity index (χ4v) is 1.84. The Labute approximate surface area is 109 Å². The Morgan fingerprint density at radius 2 is 2.12 bits per heavy atom. The minimum absolute atomic E-state index is 0.139. The van der Waals surface area contributed by atoms with Gasteiger partial charge < -0.3 is 10.5 Å². The van der Waals surface area contributed by atoms with E-state index in [9.17, 15) is 0 Å². The van der Waals surface area contributed by atoms with Crippen molar-refractivity contribution in [1.82, 2.24) is 0 Å². The van der Waals surface area contributed by atoms with E-state index < -0.39 is 0 Å². The molecule has 0 amide bonds. The number of halogens is 1. The SMILES string of the molecule is CC(C)COCCC(N)Cc1cccc(Cl)c1. The zero-order valence-electron chi connectivity index (χ0n) is 10.7. The van der Waals surface area contributed by atoms with Crippen LogP contribution in [0.3, 0.4) is 0 Å². The normalized spacial score (nSPS) is 13.0. The zero-order chi connectivity index (χ0) is 12.7. The minimum Gasteiger partial charge on any atom is -0.381 e. The summed E-state index contributed by atoms with van der Waals surface area (Å²) >= 11 is 5.92. The fraction of sp³-hybridized carbons (Fsp3) is 0.571. The summed E-state index contributed by atoms with van der Waals surface area (Å²) in [5.41, 5.74) is 7.24. The van der Waals surface area contributed by atoms with Gasteiger partial charge in [0.1, 0.15) is 0 Å². The van der Waals surface area contributed by atoms with E-state index in [4.69, 9.17) is 22.1 Å². The Kier molecular flexibility index (Phi) is 6.56. The first-order valence-electron chi connectivity index (χ1n) is 6.15. The lowest BCUT2D eigenvalue weighted by Crippen LogP contribution is -2.25. The fourth-order valence-electron chi connectivity index (χ4n) is 1.62. The van der Waals surface area contributed by atoms with E-state index in [1.54, 1.807) is 0 Å². The van der Waals surface area contributed by atoms with Gasteiger partial charge in [-0.25, -0.2) is 0 Å². The van der Waals surface area contributed by atoms with E-state index in [0.717, 1.165) is 31.1 Å². The molecular weight excluding hydrogens is 234 g/mol. The average molecular weight is 256 g/mol. The first kappa shape index (κ1) is 14.5. The molecule has 0 aliphatic rings. The molecule has 3 heteroatoms. The van der Waals surface area contributed by atoms with Crippen molar-refractivity contribution < 1.29 is 4.74 Å². The van der Waals surface area contributed by atoms with Crippen molar-refractivity contribution in [2.45, 2.75) is 32.7 Å². The number of hydrogen-bond acceptors (Lipinski definition) is 2. The van der Waals surface area contributed by atoms with Crippen molar-refractivity contribution in [3.63, 3.8) is 0 Å². The van der Waals surface area contributed by atoms with Gasteiger partial charge >= 0.3 is 0 Å². The van der Waals surface area contributed by atoms with Crippen molar-refractivity contribution in [3.8, 4) is 0 Å². The maximum atomic E-state index is 6.05. The smallest absolute Gasteiger partial charge is 0.0489 e. The van der Waals surface area contributed by atoms with Crippen LogP contribution >= 0.6 is 11.6 Å². The maximum absolute atomic E-state index is 6.05. The number of hydrogen-bond donors (Lipinski definition) is 1. The standard InChI is InChI=1S/C14H22ClNO/c1-11(2)10-17-7-6-14(16)9-12-4-3-5-13(15)8-12/h3-5,8,11,14H,6-7,9-10,16H2,1-2H3. The summed E-state index contributed by atoms with van der Waals surface area (Å²) in [6.07, 6.45) is 1.74. The molecule has 1 aromatic carbocycles. The second kappa shape index (κ2) is 7.70. The van der Waals surface area contributed by atoms with Crippen LogP contribution < -0.4 is 5.73 Å². The summed E-state index contributed by atoms with van der Waals surface area (Å²) in [5.74, 6) is 0.583. The average Bonchev–Trinajstić information content (AvgIpc) is 2.24. The highest BCUT2D eigenvalue weighted by atomic mass is 35.5. The molecule has 0 saturated carbocycles. The number of rotatable bonds is 7. The van der Waals surface area contributed by atoms with Crippen molar-refractivity contribution >= 4 is 11.6 Å². The van der Waals surface area contributed by atoms with Gasteiger partial charge in [0.15, 0.2) is 0 Å². The Hall–Kier alpha value is -0.570. The molecule has 0 aliphatic carbocycles. The van der Waals surface area contributed by atoms with Gasteiger partial charge in [0.2, 0.25) is 0 Å². The molecule has 2 N–H and O–H groups in total. The van der Waals surface area contributed by atoms with Crippen LogP contribution in [0.4, 0.5) is 0 Å². The molecule has 0 fully saturated rings. The molecule has 96 valence electrons. The summed E-state index contributed by atoms with van der Waals surface area (Å²) in [6.45, 7) is 5.83. The molecule has 17 heavy (non-hydrogen) atoms. The topological polar surface area (TPSA) is 35.2 Å². The lowest BCUT2D eigenvalue weighted by atomic mass is 10.0. The predicted molar refractivity (Wildman–Crippen MR) is 73.4 cm³/mol. The van der Waals surface area contributed by atoms with E-state index in [1.165, 1.54) is 5.56 Å². The lowest BCUT2D eigenvalue weighted by Gasteiger charge is -2.13. The van der Waals surface area contributed by atoms with E-state index in [1.807, 2.05) is 18.2 Å². The van der Waals surface area contributed by atoms with Crippen LogP contribution in [0, 0.1) is 5.92 Å². The molecule has 1 rings (SSSR count). The minimum atomic E-state index is 0.139. The van der Waals surface area contributed by atoms with E-state index in [-0.39, 0.29) is 6.04 Å². The summed E-state index contributed by atoms with van der Waals surface area (Å²) in [7, 11) is 0. The molecule has 0 saturated heterocycles. The van der Waals surface area contributed by atoms with Crippen LogP contribution in [0.15, 0.2) is 24.3 Å². The third-order valence-electron chi connectivity index (χ3n) is 2.47. The number of ether oxygens (including phenoxy) is 1. The van der Waals surface area contributed by atoms with E-state index >= 15 is 0 Å². The van der Waals surface area contributed by atoms with Crippen LogP contribution in [0.2, 0.25) is 5.02 Å². The molecule has 0 spiro atoms. The first-order chi connectivity index (χ1) is 8.08. The van der Waals surface area contributed by atoms with Crippen LogP contribution in [0.5, 0.6) is 0 Å². The van der Waals surface area contributed by atoms with Gasteiger partial charge in [-0.1, -0.05) is 37.6 Å². The van der Waals surface area contributed by atoms with Gasteiger partial charge in [0, 0.05) is 24.3 Å². The molecule has 0 aliphatic heterocycles. The predicted octanol–water partition coefficient (Wildman–Crippen LogP) is 3.27. The largest absolute Gasteiger partial charge is 0.381 e. The highest BCUT2D eigenvalue weighted by Gasteiger charge is 2.05. The third-order valence-corrected chi connectivity index (χ3v) is 2.71. The van der Waals surface area contributed by atoms with Crippen LogP contribution in [-0.2, 0) is 11.2 Å². The summed E-state index contributed by atoms with van der Waals surface area (Å²) in [4.78, 5) is 0. The Morgan fingerprint density at radius 3 is 2.76 bits per heavy atom. The van der Waals surface area contributed by atoms with Crippen molar-refractivity contribution in [2.24, 2.45) is 11.7 Å². The van der Waals surface area contributed by atoms with Gasteiger partial charge in [-0.2, -0.15) is 0 Å². The van der Waals surface area contributed by atoms with Gasteiger partial charge in [0.05, 0.1) is 0 Å². The van der Waals surface area contributed by atoms with Crippen LogP contribution in [0.1, 0.15) is 25.8 Å². The molecule has 1 atom stereocenters. The molecule has 1 aromatic rings. The zero-order valence-corrected chi connectivity index (χ0v) is 11.4. The van der Waals surface area contributed by atoms with Gasteiger partial charge in [-0.3, -0.25) is 0 Å². The van der Waals surface area contributed by atoms with Gasteiger partial charge in [0.25, 0.3) is 0 Å².